The third-order valence-electron chi connectivity index (χ3n) is 5.51. The number of fused-ring (bicyclic) bond motifs is 1. The summed E-state index contributed by atoms with van der Waals surface area (Å²) in [5, 5.41) is 12.3. The number of rotatable bonds is 9. The van der Waals surface area contributed by atoms with Gasteiger partial charge in [0, 0.05) is 12.1 Å². The summed E-state index contributed by atoms with van der Waals surface area (Å²) in [6.07, 6.45) is 0.634. The first kappa shape index (κ1) is 22.9. The molecule has 3 aromatic carbocycles. The van der Waals surface area contributed by atoms with Crippen molar-refractivity contribution in [2.45, 2.75) is 18.1 Å². The molecule has 0 aliphatic carbocycles. The fourth-order valence-electron chi connectivity index (χ4n) is 3.74. The summed E-state index contributed by atoms with van der Waals surface area (Å²) in [6, 6.07) is 21.9. The van der Waals surface area contributed by atoms with E-state index in [-0.39, 0.29) is 24.3 Å². The maximum atomic E-state index is 13.0. The van der Waals surface area contributed by atoms with Crippen LogP contribution in [0.3, 0.4) is 0 Å². The Bertz CT molecular complexity index is 1310. The van der Waals surface area contributed by atoms with E-state index >= 15 is 0 Å². The fourth-order valence-corrected chi connectivity index (χ4v) is 4.51. The van der Waals surface area contributed by atoms with Gasteiger partial charge in [-0.25, -0.2) is 4.39 Å². The molecule has 0 saturated heterocycles. The minimum absolute atomic E-state index is 0.101. The van der Waals surface area contributed by atoms with E-state index in [2.05, 4.69) is 15.5 Å². The Morgan fingerprint density at radius 1 is 0.971 bits per heavy atom. The number of carbonyl (C=O) groups is 1. The van der Waals surface area contributed by atoms with Gasteiger partial charge in [0.25, 0.3) is 0 Å². The number of hydrogen-bond donors (Lipinski definition) is 1. The number of amides is 1. The van der Waals surface area contributed by atoms with E-state index in [0.29, 0.717) is 30.4 Å². The molecule has 35 heavy (non-hydrogen) atoms. The van der Waals surface area contributed by atoms with Crippen molar-refractivity contribution in [3.8, 4) is 22.9 Å². The summed E-state index contributed by atoms with van der Waals surface area (Å²) in [5.41, 5.74) is 2.92. The van der Waals surface area contributed by atoms with Crippen LogP contribution in [0.15, 0.2) is 78.0 Å². The van der Waals surface area contributed by atoms with Crippen LogP contribution in [0.5, 0.6) is 11.5 Å². The molecule has 0 fully saturated rings. The lowest BCUT2D eigenvalue weighted by Crippen LogP contribution is -2.27. The van der Waals surface area contributed by atoms with Gasteiger partial charge < -0.3 is 14.8 Å². The van der Waals surface area contributed by atoms with E-state index in [0.717, 1.165) is 28.3 Å². The van der Waals surface area contributed by atoms with Crippen molar-refractivity contribution in [2.24, 2.45) is 0 Å². The second kappa shape index (κ2) is 10.6. The minimum Gasteiger partial charge on any atom is -0.454 e. The maximum Gasteiger partial charge on any atom is 0.231 e. The number of ether oxygens (including phenoxy) is 2. The van der Waals surface area contributed by atoms with Crippen LogP contribution in [0, 0.1) is 5.82 Å². The summed E-state index contributed by atoms with van der Waals surface area (Å²) in [7, 11) is 0. The SMILES string of the molecule is O=C(CSc1nnc(-c2ccccc2)n1Cc1ccc2c(c1)OCO2)NCCc1ccc(F)cc1. The summed E-state index contributed by atoms with van der Waals surface area (Å²) in [5.74, 6) is 2.00. The number of aromatic nitrogens is 3. The molecule has 0 spiro atoms. The Morgan fingerprint density at radius 3 is 2.57 bits per heavy atom. The normalized spacial score (nSPS) is 12.0. The molecule has 178 valence electrons. The molecule has 2 heterocycles. The monoisotopic (exact) mass is 490 g/mol. The lowest BCUT2D eigenvalue weighted by atomic mass is 10.1. The van der Waals surface area contributed by atoms with E-state index in [4.69, 9.17) is 9.47 Å². The van der Waals surface area contributed by atoms with Gasteiger partial charge in [-0.1, -0.05) is 60.3 Å². The molecule has 9 heteroatoms. The Morgan fingerprint density at radius 2 is 1.74 bits per heavy atom. The van der Waals surface area contributed by atoms with Crippen LogP contribution in [0.1, 0.15) is 11.1 Å². The third kappa shape index (κ3) is 5.63. The highest BCUT2D eigenvalue weighted by Crippen LogP contribution is 2.33. The van der Waals surface area contributed by atoms with Gasteiger partial charge in [-0.15, -0.1) is 10.2 Å². The number of benzene rings is 3. The molecule has 1 aromatic heterocycles. The second-order valence-electron chi connectivity index (χ2n) is 7.96. The quantitative estimate of drug-likeness (QED) is 0.352. The molecule has 0 bridgehead atoms. The minimum atomic E-state index is -0.270. The number of hydrogen-bond acceptors (Lipinski definition) is 6. The molecule has 1 aliphatic rings. The molecule has 7 nitrogen and oxygen atoms in total. The second-order valence-corrected chi connectivity index (χ2v) is 8.90. The molecule has 0 atom stereocenters. The van der Waals surface area contributed by atoms with Crippen LogP contribution < -0.4 is 14.8 Å². The van der Waals surface area contributed by atoms with Crippen molar-refractivity contribution in [1.29, 1.82) is 0 Å². The highest BCUT2D eigenvalue weighted by atomic mass is 32.2. The number of carbonyl (C=O) groups excluding carboxylic acids is 1. The number of nitrogens with zero attached hydrogens (tertiary/aromatic N) is 3. The van der Waals surface area contributed by atoms with Gasteiger partial charge in [0.05, 0.1) is 12.3 Å². The van der Waals surface area contributed by atoms with E-state index in [1.54, 1.807) is 12.1 Å². The Labute approximate surface area is 206 Å². The van der Waals surface area contributed by atoms with Crippen LogP contribution in [-0.4, -0.2) is 39.8 Å². The zero-order chi connectivity index (χ0) is 24.0. The molecular formula is C26H23FN4O3S. The average Bonchev–Trinajstić information content (AvgIpc) is 3.51. The van der Waals surface area contributed by atoms with E-state index in [1.807, 2.05) is 53.1 Å². The van der Waals surface area contributed by atoms with Crippen molar-refractivity contribution >= 4 is 17.7 Å². The van der Waals surface area contributed by atoms with Crippen LogP contribution >= 0.6 is 11.8 Å². The zero-order valence-corrected chi connectivity index (χ0v) is 19.6. The lowest BCUT2D eigenvalue weighted by molar-refractivity contribution is -0.118. The topological polar surface area (TPSA) is 78.3 Å². The third-order valence-corrected chi connectivity index (χ3v) is 6.47. The van der Waals surface area contributed by atoms with Crippen molar-refractivity contribution in [2.75, 3.05) is 19.1 Å². The molecular weight excluding hydrogens is 467 g/mol. The Hall–Kier alpha value is -3.85. The van der Waals surface area contributed by atoms with Crippen LogP contribution in [-0.2, 0) is 17.8 Å². The van der Waals surface area contributed by atoms with Crippen molar-refractivity contribution < 1.29 is 18.7 Å². The van der Waals surface area contributed by atoms with E-state index in [1.165, 1.54) is 23.9 Å². The first-order chi connectivity index (χ1) is 17.2. The predicted molar refractivity (Wildman–Crippen MR) is 131 cm³/mol. The zero-order valence-electron chi connectivity index (χ0n) is 18.8. The van der Waals surface area contributed by atoms with Gasteiger partial charge in [-0.3, -0.25) is 9.36 Å². The smallest absolute Gasteiger partial charge is 0.231 e. The van der Waals surface area contributed by atoms with Gasteiger partial charge in [-0.05, 0) is 41.8 Å². The van der Waals surface area contributed by atoms with Crippen molar-refractivity contribution in [3.63, 3.8) is 0 Å². The van der Waals surface area contributed by atoms with Crippen molar-refractivity contribution in [3.05, 3.63) is 89.7 Å². The van der Waals surface area contributed by atoms with Gasteiger partial charge in [-0.2, -0.15) is 0 Å². The van der Waals surface area contributed by atoms with Gasteiger partial charge in [0.1, 0.15) is 5.82 Å². The average molecular weight is 491 g/mol. The van der Waals surface area contributed by atoms with E-state index in [9.17, 15) is 9.18 Å². The maximum absolute atomic E-state index is 13.0. The van der Waals surface area contributed by atoms with Gasteiger partial charge in [0.15, 0.2) is 22.5 Å². The molecule has 1 amide bonds. The fraction of sp³-hybridized carbons (Fsp3) is 0.192. The number of nitrogens with one attached hydrogen (secondary N) is 1. The first-order valence-corrected chi connectivity index (χ1v) is 12.2. The largest absolute Gasteiger partial charge is 0.454 e. The number of thioether (sulfide) groups is 1. The lowest BCUT2D eigenvalue weighted by Gasteiger charge is -2.11. The molecule has 1 N–H and O–H groups in total. The summed E-state index contributed by atoms with van der Waals surface area (Å²) >= 11 is 1.34. The standard InChI is InChI=1S/C26H23FN4O3S/c27-21-9-6-18(7-10-21)12-13-28-24(32)16-35-26-30-29-25(20-4-2-1-3-5-20)31(26)15-19-8-11-22-23(14-19)34-17-33-22/h1-11,14H,12-13,15-17H2,(H,28,32). The highest BCUT2D eigenvalue weighted by molar-refractivity contribution is 7.99. The Kier molecular flexibility index (Phi) is 6.94. The van der Waals surface area contributed by atoms with E-state index < -0.39 is 0 Å². The molecule has 0 saturated carbocycles. The summed E-state index contributed by atoms with van der Waals surface area (Å²) in [4.78, 5) is 12.5. The summed E-state index contributed by atoms with van der Waals surface area (Å²) in [6.45, 7) is 1.21. The van der Waals surface area contributed by atoms with Crippen molar-refractivity contribution in [1.82, 2.24) is 20.1 Å². The first-order valence-electron chi connectivity index (χ1n) is 11.2. The molecule has 5 rings (SSSR count). The Balaban J connectivity index is 1.27. The summed E-state index contributed by atoms with van der Waals surface area (Å²) < 4.78 is 26.0. The highest BCUT2D eigenvalue weighted by Gasteiger charge is 2.18. The molecule has 4 aromatic rings. The predicted octanol–water partition coefficient (Wildman–Crippen LogP) is 4.31. The van der Waals surface area contributed by atoms with Crippen LogP contribution in [0.25, 0.3) is 11.4 Å². The molecule has 1 aliphatic heterocycles. The van der Waals surface area contributed by atoms with Gasteiger partial charge in [0.2, 0.25) is 12.7 Å². The van der Waals surface area contributed by atoms with Gasteiger partial charge >= 0.3 is 0 Å². The molecule has 0 unspecified atom stereocenters. The van der Waals surface area contributed by atoms with Crippen LogP contribution in [0.4, 0.5) is 4.39 Å². The number of halogens is 1. The molecule has 0 radical (unpaired) electrons. The van der Waals surface area contributed by atoms with Crippen LogP contribution in [0.2, 0.25) is 0 Å².